The first-order valence-electron chi connectivity index (χ1n) is 7.12. The summed E-state index contributed by atoms with van der Waals surface area (Å²) in [5, 5.41) is 20.7. The van der Waals surface area contributed by atoms with E-state index >= 15 is 0 Å². The lowest BCUT2D eigenvalue weighted by atomic mass is 10.2. The minimum Gasteiger partial charge on any atom is -0.497 e. The lowest BCUT2D eigenvalue weighted by Gasteiger charge is -2.25. The van der Waals surface area contributed by atoms with Gasteiger partial charge >= 0.3 is 6.09 Å². The molecule has 0 saturated heterocycles. The van der Waals surface area contributed by atoms with E-state index < -0.39 is 12.2 Å². The number of aliphatic hydroxyl groups is 1. The Balaban J connectivity index is 2.60. The zero-order valence-corrected chi connectivity index (χ0v) is 14.0. The molecule has 3 N–H and O–H groups in total. The Morgan fingerprint density at radius 1 is 1.32 bits per heavy atom. The second-order valence-corrected chi connectivity index (χ2v) is 6.52. The van der Waals surface area contributed by atoms with Gasteiger partial charge in [0.25, 0.3) is 0 Å². The van der Waals surface area contributed by atoms with Gasteiger partial charge in [0, 0.05) is 24.5 Å². The van der Waals surface area contributed by atoms with Crippen molar-refractivity contribution in [1.82, 2.24) is 9.62 Å². The number of hydrogen-bond donors (Lipinski definition) is 3. The number of hydrogen-bond acceptors (Lipinski definition) is 5. The molecule has 1 atom stereocenters. The van der Waals surface area contributed by atoms with Gasteiger partial charge < -0.3 is 20.3 Å². The fraction of sp³-hybridized carbons (Fsp3) is 0.533. The monoisotopic (exact) mass is 328 g/mol. The van der Waals surface area contributed by atoms with Crippen LogP contribution in [0.4, 0.5) is 4.79 Å². The van der Waals surface area contributed by atoms with Gasteiger partial charge in [0.1, 0.15) is 5.75 Å². The maximum absolute atomic E-state index is 10.5. The van der Waals surface area contributed by atoms with Crippen LogP contribution in [0.1, 0.15) is 13.8 Å². The van der Waals surface area contributed by atoms with Crippen LogP contribution in [-0.4, -0.2) is 53.5 Å². The van der Waals surface area contributed by atoms with Crippen LogP contribution >= 0.6 is 11.9 Å². The molecule has 0 aliphatic rings. The second-order valence-electron chi connectivity index (χ2n) is 5.35. The Bertz CT molecular complexity index is 453. The molecule has 0 saturated carbocycles. The second kappa shape index (κ2) is 9.55. The average molecular weight is 328 g/mol. The molecule has 124 valence electrons. The largest absolute Gasteiger partial charge is 0.497 e. The van der Waals surface area contributed by atoms with Crippen molar-refractivity contribution in [3.05, 3.63) is 24.3 Å². The number of ether oxygens (including phenoxy) is 1. The van der Waals surface area contributed by atoms with Gasteiger partial charge in [-0.3, -0.25) is 0 Å². The molecule has 1 aromatic carbocycles. The highest BCUT2D eigenvalue weighted by Gasteiger charge is 2.15. The molecule has 0 spiro atoms. The lowest BCUT2D eigenvalue weighted by Crippen LogP contribution is -2.38. The fourth-order valence-electron chi connectivity index (χ4n) is 1.85. The normalized spacial score (nSPS) is 12.5. The third-order valence-corrected chi connectivity index (χ3v) is 3.81. The number of amides is 1. The predicted octanol–water partition coefficient (Wildman–Crippen LogP) is 2.29. The van der Waals surface area contributed by atoms with Crippen molar-refractivity contribution in [2.75, 3.05) is 26.7 Å². The smallest absolute Gasteiger partial charge is 0.404 e. The van der Waals surface area contributed by atoms with Crippen molar-refractivity contribution in [2.24, 2.45) is 5.92 Å². The number of nitrogens with zero attached hydrogens (tertiary/aromatic N) is 1. The summed E-state index contributed by atoms with van der Waals surface area (Å²) >= 11 is 1.54. The first-order valence-corrected chi connectivity index (χ1v) is 7.90. The molecule has 0 bridgehead atoms. The molecule has 22 heavy (non-hydrogen) atoms. The molecule has 1 amide bonds. The van der Waals surface area contributed by atoms with Crippen LogP contribution in [0.5, 0.6) is 5.75 Å². The maximum atomic E-state index is 10.5. The van der Waals surface area contributed by atoms with Crippen LogP contribution in [0.2, 0.25) is 0 Å². The molecule has 0 aliphatic heterocycles. The van der Waals surface area contributed by atoms with Gasteiger partial charge in [0.05, 0.1) is 13.2 Å². The molecule has 6 nitrogen and oxygen atoms in total. The molecular formula is C15H24N2O4S. The van der Waals surface area contributed by atoms with Crippen molar-refractivity contribution in [2.45, 2.75) is 24.8 Å². The number of methoxy groups -OCH3 is 1. The fourth-order valence-corrected chi connectivity index (χ4v) is 3.02. The van der Waals surface area contributed by atoms with Crippen molar-refractivity contribution in [3.63, 3.8) is 0 Å². The molecule has 1 aromatic rings. The van der Waals surface area contributed by atoms with Crippen LogP contribution in [0, 0.1) is 5.92 Å². The van der Waals surface area contributed by atoms with Crippen molar-refractivity contribution in [3.8, 4) is 5.75 Å². The van der Waals surface area contributed by atoms with E-state index in [0.717, 1.165) is 17.2 Å². The van der Waals surface area contributed by atoms with Gasteiger partial charge in [-0.05, 0) is 42.1 Å². The molecule has 0 aromatic heterocycles. The highest BCUT2D eigenvalue weighted by molar-refractivity contribution is 7.97. The highest BCUT2D eigenvalue weighted by Crippen LogP contribution is 2.25. The van der Waals surface area contributed by atoms with Crippen LogP contribution in [0.25, 0.3) is 0 Å². The summed E-state index contributed by atoms with van der Waals surface area (Å²) < 4.78 is 7.17. The number of nitrogens with one attached hydrogen (secondary N) is 1. The Hall–Kier alpha value is -1.44. The number of aliphatic hydroxyl groups excluding tert-OH is 1. The van der Waals surface area contributed by atoms with Crippen LogP contribution < -0.4 is 10.1 Å². The first kappa shape index (κ1) is 18.6. The van der Waals surface area contributed by atoms with Crippen molar-refractivity contribution >= 4 is 18.0 Å². The van der Waals surface area contributed by atoms with E-state index in [-0.39, 0.29) is 6.54 Å². The first-order chi connectivity index (χ1) is 10.4. The quantitative estimate of drug-likeness (QED) is 0.603. The van der Waals surface area contributed by atoms with E-state index in [4.69, 9.17) is 9.84 Å². The summed E-state index contributed by atoms with van der Waals surface area (Å²) in [6.07, 6.45) is -1.88. The molecule has 0 radical (unpaired) electrons. The van der Waals surface area contributed by atoms with Gasteiger partial charge in [-0.1, -0.05) is 13.8 Å². The van der Waals surface area contributed by atoms with Gasteiger partial charge in [-0.15, -0.1) is 0 Å². The van der Waals surface area contributed by atoms with E-state index in [9.17, 15) is 9.90 Å². The Morgan fingerprint density at radius 3 is 2.45 bits per heavy atom. The van der Waals surface area contributed by atoms with Crippen molar-refractivity contribution < 1.29 is 19.7 Å². The molecule has 0 unspecified atom stereocenters. The van der Waals surface area contributed by atoms with Crippen LogP contribution in [-0.2, 0) is 0 Å². The van der Waals surface area contributed by atoms with Gasteiger partial charge in [-0.2, -0.15) is 0 Å². The van der Waals surface area contributed by atoms with E-state index in [2.05, 4.69) is 19.2 Å². The van der Waals surface area contributed by atoms with Gasteiger partial charge in [0.15, 0.2) is 0 Å². The molecule has 0 fully saturated rings. The van der Waals surface area contributed by atoms with Crippen molar-refractivity contribution in [1.29, 1.82) is 0 Å². The zero-order valence-electron chi connectivity index (χ0n) is 13.2. The molecule has 0 aliphatic carbocycles. The average Bonchev–Trinajstić information content (AvgIpc) is 2.45. The Morgan fingerprint density at radius 2 is 1.95 bits per heavy atom. The van der Waals surface area contributed by atoms with E-state index in [1.807, 2.05) is 28.6 Å². The van der Waals surface area contributed by atoms with E-state index in [1.54, 1.807) is 19.1 Å². The predicted molar refractivity (Wildman–Crippen MR) is 87.3 cm³/mol. The maximum Gasteiger partial charge on any atom is 0.404 e. The summed E-state index contributed by atoms with van der Waals surface area (Å²) in [6, 6.07) is 7.69. The topological polar surface area (TPSA) is 82.0 Å². The number of carboxylic acid groups (broad SMARTS) is 1. The highest BCUT2D eigenvalue weighted by atomic mass is 32.2. The third kappa shape index (κ3) is 7.53. The third-order valence-electron chi connectivity index (χ3n) is 2.77. The standard InChI is InChI=1S/C15H24N2O4S/c1-11(2)9-17(10-12(18)8-16-15(19)20)22-14-6-4-13(21-3)5-7-14/h4-7,11-12,16,18H,8-10H2,1-3H3,(H,19,20)/t12-/m1/s1. The van der Waals surface area contributed by atoms with E-state index in [0.29, 0.717) is 12.5 Å². The lowest BCUT2D eigenvalue weighted by molar-refractivity contribution is 0.137. The van der Waals surface area contributed by atoms with E-state index in [1.165, 1.54) is 0 Å². The zero-order chi connectivity index (χ0) is 16.5. The Labute approximate surface area is 135 Å². The summed E-state index contributed by atoms with van der Waals surface area (Å²) in [5.41, 5.74) is 0. The summed E-state index contributed by atoms with van der Waals surface area (Å²) in [5.74, 6) is 1.23. The minimum atomic E-state index is -1.13. The number of carbonyl (C=O) groups is 1. The van der Waals surface area contributed by atoms with Gasteiger partial charge in [-0.25, -0.2) is 9.10 Å². The Kier molecular flexibility index (Phi) is 8.08. The summed E-state index contributed by atoms with van der Waals surface area (Å²) in [4.78, 5) is 11.5. The molecular weight excluding hydrogens is 304 g/mol. The molecule has 0 heterocycles. The molecule has 1 rings (SSSR count). The van der Waals surface area contributed by atoms with Crippen LogP contribution in [0.15, 0.2) is 29.2 Å². The summed E-state index contributed by atoms with van der Waals surface area (Å²) in [6.45, 7) is 5.40. The SMILES string of the molecule is COc1ccc(SN(CC(C)C)C[C@H](O)CNC(=O)O)cc1. The number of rotatable bonds is 9. The van der Waals surface area contributed by atoms with Crippen LogP contribution in [0.3, 0.4) is 0 Å². The molecule has 7 heteroatoms. The van der Waals surface area contributed by atoms with Gasteiger partial charge in [0.2, 0.25) is 0 Å². The summed E-state index contributed by atoms with van der Waals surface area (Å²) in [7, 11) is 1.62. The minimum absolute atomic E-state index is 0.0209. The number of benzene rings is 1.